The summed E-state index contributed by atoms with van der Waals surface area (Å²) >= 11 is 0. The van der Waals surface area contributed by atoms with Crippen LogP contribution in [0.2, 0.25) is 0 Å². The van der Waals surface area contributed by atoms with Gasteiger partial charge >= 0.3 is 12.3 Å². The highest BCUT2D eigenvalue weighted by Crippen LogP contribution is 2.50. The molecule has 0 unspecified atom stereocenters. The second-order valence-electron chi connectivity index (χ2n) is 11.0. The molecule has 2 aromatic heterocycles. The number of amides is 1. The minimum Gasteiger partial charge on any atom is -0.465 e. The van der Waals surface area contributed by atoms with Gasteiger partial charge in [0, 0.05) is 22.9 Å². The number of carbonyl (C=O) groups is 1. The van der Waals surface area contributed by atoms with E-state index in [1.807, 2.05) is 51.1 Å². The molecule has 39 heavy (non-hydrogen) atoms. The Kier molecular flexibility index (Phi) is 6.36. The summed E-state index contributed by atoms with van der Waals surface area (Å²) in [7, 11) is 0. The van der Waals surface area contributed by atoms with Gasteiger partial charge in [0.25, 0.3) is 5.56 Å². The predicted octanol–water partition coefficient (Wildman–Crippen LogP) is 7.65. The first-order chi connectivity index (χ1) is 18.3. The van der Waals surface area contributed by atoms with Crippen LogP contribution in [-0.4, -0.2) is 32.4 Å². The van der Waals surface area contributed by atoms with Crippen molar-refractivity contribution in [2.45, 2.75) is 63.8 Å². The fraction of sp³-hybridized carbons (Fsp3) is 0.333. The van der Waals surface area contributed by atoms with E-state index in [9.17, 15) is 27.9 Å². The third-order valence-electron chi connectivity index (χ3n) is 7.38. The van der Waals surface area contributed by atoms with E-state index in [0.717, 1.165) is 18.2 Å². The average molecular weight is 539 g/mol. The first-order valence-electron chi connectivity index (χ1n) is 12.7. The van der Waals surface area contributed by atoms with Gasteiger partial charge in [-0.15, -0.1) is 0 Å². The fourth-order valence-corrected chi connectivity index (χ4v) is 5.75. The predicted molar refractivity (Wildman–Crippen MR) is 143 cm³/mol. The van der Waals surface area contributed by atoms with Gasteiger partial charge in [0.1, 0.15) is 17.9 Å². The summed E-state index contributed by atoms with van der Waals surface area (Å²) in [5.41, 5.74) is 0.687. The number of nitrogens with zero attached hydrogens (tertiary/aromatic N) is 2. The summed E-state index contributed by atoms with van der Waals surface area (Å²) in [5.74, 6) is 0.359. The van der Waals surface area contributed by atoms with E-state index in [-0.39, 0.29) is 11.0 Å². The Bertz CT molecular complexity index is 1580. The number of furan rings is 1. The molecule has 9 heteroatoms. The molecule has 6 nitrogen and oxygen atoms in total. The molecule has 1 aliphatic rings. The molecule has 1 amide bonds. The standard InChI is InChI=1S/C30H29F3N2O4/c1-28(2,3)35(27(37)38)29(15-7-16-29)21-12-10-20(11-13-21)25-23(19-8-5-4-6-9-19)24-22(39-25)14-17-34(26(24)36)18-30(31,32)33/h4-6,8-14,17H,7,15-16,18H2,1-3H3,(H,37,38). The van der Waals surface area contributed by atoms with Gasteiger partial charge < -0.3 is 14.1 Å². The minimum absolute atomic E-state index is 0.0762. The van der Waals surface area contributed by atoms with Crippen LogP contribution >= 0.6 is 0 Å². The highest BCUT2D eigenvalue weighted by molar-refractivity contribution is 6.01. The van der Waals surface area contributed by atoms with Crippen LogP contribution in [-0.2, 0) is 12.1 Å². The van der Waals surface area contributed by atoms with Gasteiger partial charge in [-0.3, -0.25) is 9.69 Å². The highest BCUT2D eigenvalue weighted by atomic mass is 19.4. The summed E-state index contributed by atoms with van der Waals surface area (Å²) in [6, 6.07) is 17.7. The van der Waals surface area contributed by atoms with E-state index in [2.05, 4.69) is 0 Å². The summed E-state index contributed by atoms with van der Waals surface area (Å²) in [6.07, 6.45) is -2.13. The maximum Gasteiger partial charge on any atom is 0.408 e. The fourth-order valence-electron chi connectivity index (χ4n) is 5.75. The first-order valence-corrected chi connectivity index (χ1v) is 12.7. The van der Waals surface area contributed by atoms with Crippen LogP contribution in [0.5, 0.6) is 0 Å². The largest absolute Gasteiger partial charge is 0.465 e. The minimum atomic E-state index is -4.55. The van der Waals surface area contributed by atoms with E-state index < -0.39 is 35.5 Å². The summed E-state index contributed by atoms with van der Waals surface area (Å²) in [5, 5.41) is 10.2. The first kappa shape index (κ1) is 26.6. The molecule has 1 saturated carbocycles. The van der Waals surface area contributed by atoms with Crippen molar-refractivity contribution in [3.8, 4) is 22.5 Å². The molecule has 0 spiro atoms. The summed E-state index contributed by atoms with van der Waals surface area (Å²) in [4.78, 5) is 27.1. The maximum absolute atomic E-state index is 13.3. The molecule has 0 bridgehead atoms. The Labute approximate surface area is 223 Å². The molecular formula is C30H29F3N2O4. The molecule has 1 aliphatic carbocycles. The van der Waals surface area contributed by atoms with E-state index in [1.165, 1.54) is 11.0 Å². The van der Waals surface area contributed by atoms with Crippen molar-refractivity contribution in [3.05, 3.63) is 82.8 Å². The van der Waals surface area contributed by atoms with Gasteiger partial charge in [-0.1, -0.05) is 54.6 Å². The van der Waals surface area contributed by atoms with Crippen LogP contribution in [0.4, 0.5) is 18.0 Å². The van der Waals surface area contributed by atoms with Crippen LogP contribution in [0.15, 0.2) is 76.1 Å². The van der Waals surface area contributed by atoms with Gasteiger partial charge in [0.2, 0.25) is 0 Å². The quantitative estimate of drug-likeness (QED) is 0.283. The van der Waals surface area contributed by atoms with Crippen LogP contribution < -0.4 is 5.56 Å². The van der Waals surface area contributed by atoms with Gasteiger partial charge in [-0.05, 0) is 57.2 Å². The number of benzene rings is 2. The Morgan fingerprint density at radius 2 is 1.64 bits per heavy atom. The van der Waals surface area contributed by atoms with Crippen molar-refractivity contribution in [1.82, 2.24) is 9.47 Å². The Hall–Kier alpha value is -4.01. The average Bonchev–Trinajstić information content (AvgIpc) is 3.22. The normalized spacial score (nSPS) is 15.2. The lowest BCUT2D eigenvalue weighted by Gasteiger charge is -2.54. The lowest BCUT2D eigenvalue weighted by molar-refractivity contribution is -0.141. The highest BCUT2D eigenvalue weighted by Gasteiger charge is 2.50. The number of hydrogen-bond acceptors (Lipinski definition) is 3. The lowest BCUT2D eigenvalue weighted by atomic mass is 9.69. The molecule has 2 heterocycles. The third-order valence-corrected chi connectivity index (χ3v) is 7.38. The van der Waals surface area contributed by atoms with Crippen molar-refractivity contribution in [2.75, 3.05) is 0 Å². The van der Waals surface area contributed by atoms with E-state index in [1.54, 1.807) is 24.3 Å². The zero-order valence-electron chi connectivity index (χ0n) is 21.9. The molecule has 4 aromatic rings. The van der Waals surface area contributed by atoms with Crippen LogP contribution in [0.25, 0.3) is 33.4 Å². The van der Waals surface area contributed by atoms with Crippen molar-refractivity contribution in [3.63, 3.8) is 0 Å². The zero-order chi connectivity index (χ0) is 28.2. The summed E-state index contributed by atoms with van der Waals surface area (Å²) < 4.78 is 46.2. The number of aromatic nitrogens is 1. The van der Waals surface area contributed by atoms with Gasteiger partial charge in [0.05, 0.1) is 10.9 Å². The molecule has 2 aromatic carbocycles. The molecule has 1 fully saturated rings. The van der Waals surface area contributed by atoms with E-state index in [0.29, 0.717) is 39.9 Å². The Morgan fingerprint density at radius 3 is 2.15 bits per heavy atom. The second kappa shape index (κ2) is 9.32. The third kappa shape index (κ3) is 4.70. The SMILES string of the molecule is CC(C)(C)N(C(=O)O)C1(c2ccc(-c3oc4ccn(CC(F)(F)F)c(=O)c4c3-c3ccccc3)cc2)CCC1. The lowest BCUT2D eigenvalue weighted by Crippen LogP contribution is -2.60. The number of rotatable bonds is 5. The molecule has 204 valence electrons. The van der Waals surface area contributed by atoms with Crippen molar-refractivity contribution in [1.29, 1.82) is 0 Å². The maximum atomic E-state index is 13.3. The van der Waals surface area contributed by atoms with Crippen LogP contribution in [0, 0.1) is 0 Å². The zero-order valence-corrected chi connectivity index (χ0v) is 21.9. The van der Waals surface area contributed by atoms with Gasteiger partial charge in [-0.25, -0.2) is 4.79 Å². The van der Waals surface area contributed by atoms with Crippen molar-refractivity contribution < 1.29 is 27.5 Å². The molecule has 1 N–H and O–H groups in total. The van der Waals surface area contributed by atoms with Gasteiger partial charge in [0.15, 0.2) is 0 Å². The Balaban J connectivity index is 1.66. The van der Waals surface area contributed by atoms with E-state index >= 15 is 0 Å². The number of carboxylic acid groups (broad SMARTS) is 1. The Morgan fingerprint density at radius 1 is 1.00 bits per heavy atom. The summed E-state index contributed by atoms with van der Waals surface area (Å²) in [6.45, 7) is 4.23. The second-order valence-corrected chi connectivity index (χ2v) is 11.0. The van der Waals surface area contributed by atoms with Crippen LogP contribution in [0.3, 0.4) is 0 Å². The number of hydrogen-bond donors (Lipinski definition) is 1. The number of pyridine rings is 1. The van der Waals surface area contributed by atoms with Crippen molar-refractivity contribution in [2.24, 2.45) is 0 Å². The van der Waals surface area contributed by atoms with Gasteiger partial charge in [-0.2, -0.15) is 13.2 Å². The molecule has 0 radical (unpaired) electrons. The molecule has 0 aliphatic heterocycles. The van der Waals surface area contributed by atoms with E-state index in [4.69, 9.17) is 4.42 Å². The topological polar surface area (TPSA) is 75.7 Å². The molecule has 5 rings (SSSR count). The smallest absolute Gasteiger partial charge is 0.408 e. The van der Waals surface area contributed by atoms with Crippen LogP contribution in [0.1, 0.15) is 45.6 Å². The number of alkyl halides is 3. The molecule has 0 atom stereocenters. The number of fused-ring (bicyclic) bond motifs is 1. The molecular weight excluding hydrogens is 509 g/mol. The van der Waals surface area contributed by atoms with Crippen molar-refractivity contribution >= 4 is 17.1 Å². The molecule has 0 saturated heterocycles. The number of halogens is 3. The monoisotopic (exact) mass is 538 g/mol.